The molecule has 3 aliphatic rings. The van der Waals surface area contributed by atoms with E-state index >= 15 is 0 Å². The largest absolute Gasteiger partial charge is 0.494 e. The number of nitrogens with zero attached hydrogens (tertiary/aromatic N) is 1. The molecular formula is C24H36N2O3. The predicted octanol–water partition coefficient (Wildman–Crippen LogP) is 3.97. The molecule has 0 aromatic heterocycles. The minimum absolute atomic E-state index is 0.00391. The first-order valence-electron chi connectivity index (χ1n) is 11.4. The number of rotatable bonds is 9. The average Bonchev–Trinajstić information content (AvgIpc) is 3.50. The number of aliphatic carboxylic acids is 1. The number of carbonyl (C=O) groups is 1. The summed E-state index contributed by atoms with van der Waals surface area (Å²) in [6.07, 6.45) is 6.02. The second kappa shape index (κ2) is 8.27. The maximum absolute atomic E-state index is 11.3. The maximum atomic E-state index is 11.3. The molecule has 0 amide bonds. The second-order valence-corrected chi connectivity index (χ2v) is 9.59. The van der Waals surface area contributed by atoms with Crippen LogP contribution in [0, 0.1) is 11.8 Å². The molecule has 1 aromatic carbocycles. The molecule has 160 valence electrons. The third kappa shape index (κ3) is 4.04. The number of benzene rings is 1. The van der Waals surface area contributed by atoms with E-state index in [1.807, 2.05) is 0 Å². The van der Waals surface area contributed by atoms with E-state index in [2.05, 4.69) is 49.2 Å². The number of fused-ring (bicyclic) bond motifs is 4. The van der Waals surface area contributed by atoms with Gasteiger partial charge in [0, 0.05) is 18.6 Å². The Morgan fingerprint density at radius 2 is 2.17 bits per heavy atom. The molecule has 1 heterocycles. The normalized spacial score (nSPS) is 31.3. The molecule has 4 rings (SSSR count). The van der Waals surface area contributed by atoms with Gasteiger partial charge < -0.3 is 9.84 Å². The van der Waals surface area contributed by atoms with Gasteiger partial charge in [-0.25, -0.2) is 0 Å². The Bertz CT molecular complexity index is 748. The molecule has 0 spiro atoms. The standard InChI is InChI=1S/C24H36N2O3/c1-4-5-12-29-18-8-9-19-20(13-18)24(3)10-11-26(15-17-6-7-17)23(16(24)2)22(19)25-14-21(27)28/h8-9,13,16-17,22-23,25H,4-7,10-12,14-15H2,1-3H3,(H,27,28)/t16-,22?,23-,24-/m0/s1. The van der Waals surface area contributed by atoms with Crippen molar-refractivity contribution in [2.24, 2.45) is 11.8 Å². The van der Waals surface area contributed by atoms with Crippen molar-refractivity contribution >= 4 is 5.97 Å². The van der Waals surface area contributed by atoms with Crippen LogP contribution in [-0.4, -0.2) is 48.3 Å². The van der Waals surface area contributed by atoms with Crippen molar-refractivity contribution < 1.29 is 14.6 Å². The van der Waals surface area contributed by atoms with Gasteiger partial charge in [-0.05, 0) is 72.7 Å². The minimum atomic E-state index is -0.795. The smallest absolute Gasteiger partial charge is 0.317 e. The number of carboxylic acids is 1. The topological polar surface area (TPSA) is 61.8 Å². The van der Waals surface area contributed by atoms with Gasteiger partial charge in [-0.15, -0.1) is 0 Å². The van der Waals surface area contributed by atoms with E-state index in [0.717, 1.165) is 50.6 Å². The van der Waals surface area contributed by atoms with E-state index in [-0.39, 0.29) is 18.0 Å². The summed E-state index contributed by atoms with van der Waals surface area (Å²) < 4.78 is 6.02. The average molecular weight is 401 g/mol. The van der Waals surface area contributed by atoms with Crippen molar-refractivity contribution in [3.63, 3.8) is 0 Å². The lowest BCUT2D eigenvalue weighted by Crippen LogP contribution is -2.62. The van der Waals surface area contributed by atoms with E-state index in [4.69, 9.17) is 4.74 Å². The molecule has 2 bridgehead atoms. The van der Waals surface area contributed by atoms with Crippen LogP contribution in [0.3, 0.4) is 0 Å². The fourth-order valence-corrected chi connectivity index (χ4v) is 5.51. The molecule has 1 aromatic rings. The summed E-state index contributed by atoms with van der Waals surface area (Å²) in [6, 6.07) is 6.89. The van der Waals surface area contributed by atoms with Crippen LogP contribution in [0.15, 0.2) is 18.2 Å². The van der Waals surface area contributed by atoms with Gasteiger partial charge in [0.2, 0.25) is 0 Å². The van der Waals surface area contributed by atoms with E-state index in [0.29, 0.717) is 12.0 Å². The molecule has 2 fully saturated rings. The highest BCUT2D eigenvalue weighted by molar-refractivity contribution is 5.69. The van der Waals surface area contributed by atoms with Gasteiger partial charge in [0.15, 0.2) is 0 Å². The highest BCUT2D eigenvalue weighted by Crippen LogP contribution is 2.53. The summed E-state index contributed by atoms with van der Waals surface area (Å²) in [5.41, 5.74) is 2.72. The molecule has 5 heteroatoms. The lowest BCUT2D eigenvalue weighted by atomic mass is 9.57. The van der Waals surface area contributed by atoms with E-state index in [1.54, 1.807) is 0 Å². The van der Waals surface area contributed by atoms with Gasteiger partial charge in [-0.1, -0.05) is 33.3 Å². The fraction of sp³-hybridized carbons (Fsp3) is 0.708. The zero-order valence-corrected chi connectivity index (χ0v) is 18.1. The van der Waals surface area contributed by atoms with Gasteiger partial charge in [0.25, 0.3) is 0 Å². The molecule has 5 nitrogen and oxygen atoms in total. The minimum Gasteiger partial charge on any atom is -0.494 e. The van der Waals surface area contributed by atoms with E-state index in [1.165, 1.54) is 24.0 Å². The van der Waals surface area contributed by atoms with Crippen molar-refractivity contribution in [1.29, 1.82) is 0 Å². The quantitative estimate of drug-likeness (QED) is 0.614. The van der Waals surface area contributed by atoms with Crippen molar-refractivity contribution in [1.82, 2.24) is 10.2 Å². The van der Waals surface area contributed by atoms with Crippen molar-refractivity contribution in [2.45, 2.75) is 70.4 Å². The summed E-state index contributed by atoms with van der Waals surface area (Å²) in [6.45, 7) is 9.94. The lowest BCUT2D eigenvalue weighted by Gasteiger charge is -2.57. The Morgan fingerprint density at radius 3 is 2.86 bits per heavy atom. The van der Waals surface area contributed by atoms with Crippen molar-refractivity contribution in [3.8, 4) is 5.75 Å². The lowest BCUT2D eigenvalue weighted by molar-refractivity contribution is -0.136. The first-order chi connectivity index (χ1) is 13.9. The van der Waals surface area contributed by atoms with Crippen molar-refractivity contribution in [3.05, 3.63) is 29.3 Å². The van der Waals surface area contributed by atoms with Crippen LogP contribution in [0.2, 0.25) is 0 Å². The molecule has 1 saturated carbocycles. The van der Waals surface area contributed by atoms with Crippen LogP contribution in [0.4, 0.5) is 0 Å². The maximum Gasteiger partial charge on any atom is 0.317 e. The number of carboxylic acid groups (broad SMARTS) is 1. The van der Waals surface area contributed by atoms with Crippen LogP contribution in [-0.2, 0) is 10.2 Å². The number of hydrogen-bond acceptors (Lipinski definition) is 4. The molecule has 4 atom stereocenters. The first kappa shape index (κ1) is 20.7. The van der Waals surface area contributed by atoms with Crippen LogP contribution in [0.25, 0.3) is 0 Å². The highest BCUT2D eigenvalue weighted by Gasteiger charge is 2.53. The number of nitrogens with one attached hydrogen (secondary N) is 1. The van der Waals surface area contributed by atoms with Crippen LogP contribution in [0.1, 0.15) is 70.0 Å². The van der Waals surface area contributed by atoms with Gasteiger partial charge in [-0.2, -0.15) is 0 Å². The summed E-state index contributed by atoms with van der Waals surface area (Å²) in [4.78, 5) is 14.0. The summed E-state index contributed by atoms with van der Waals surface area (Å²) in [5.74, 6) is 1.44. The Kier molecular flexibility index (Phi) is 5.90. The van der Waals surface area contributed by atoms with Gasteiger partial charge in [-0.3, -0.25) is 15.0 Å². The van der Waals surface area contributed by atoms with E-state index in [9.17, 15) is 9.90 Å². The van der Waals surface area contributed by atoms with Crippen LogP contribution >= 0.6 is 0 Å². The molecule has 1 saturated heterocycles. The van der Waals surface area contributed by atoms with E-state index < -0.39 is 5.97 Å². The summed E-state index contributed by atoms with van der Waals surface area (Å²) >= 11 is 0. The SMILES string of the molecule is CCCCOc1ccc2c(c1)[C@@]1(C)CCN(CC3CC3)[C@H](C2NCC(=O)O)[C@@H]1C. The molecule has 2 aliphatic carbocycles. The Morgan fingerprint density at radius 1 is 1.38 bits per heavy atom. The molecule has 0 radical (unpaired) electrons. The predicted molar refractivity (Wildman–Crippen MR) is 114 cm³/mol. The molecule has 1 unspecified atom stereocenters. The number of unbranched alkanes of at least 4 members (excludes halogenated alkanes) is 1. The number of ether oxygens (including phenoxy) is 1. The third-order valence-electron chi connectivity index (χ3n) is 7.60. The highest BCUT2D eigenvalue weighted by atomic mass is 16.5. The molecule has 2 N–H and O–H groups in total. The first-order valence-corrected chi connectivity index (χ1v) is 11.4. The number of likely N-dealkylation sites (tertiary alicyclic amines) is 1. The monoisotopic (exact) mass is 400 g/mol. The van der Waals surface area contributed by atoms with Gasteiger partial charge in [0.05, 0.1) is 13.2 Å². The zero-order valence-electron chi connectivity index (χ0n) is 18.1. The summed E-state index contributed by atoms with van der Waals surface area (Å²) in [7, 11) is 0. The third-order valence-corrected chi connectivity index (χ3v) is 7.60. The molecule has 1 aliphatic heterocycles. The second-order valence-electron chi connectivity index (χ2n) is 9.59. The van der Waals surface area contributed by atoms with Crippen LogP contribution < -0.4 is 10.1 Å². The number of hydrogen-bond donors (Lipinski definition) is 2. The van der Waals surface area contributed by atoms with Crippen molar-refractivity contribution in [2.75, 3.05) is 26.2 Å². The Labute approximate surface area is 174 Å². The zero-order chi connectivity index (χ0) is 20.6. The fourth-order valence-electron chi connectivity index (χ4n) is 5.51. The number of piperidine rings is 1. The Hall–Kier alpha value is -1.59. The molecule has 29 heavy (non-hydrogen) atoms. The van der Waals surface area contributed by atoms with Crippen LogP contribution in [0.5, 0.6) is 5.75 Å². The van der Waals surface area contributed by atoms with Gasteiger partial charge in [0.1, 0.15) is 5.75 Å². The summed E-state index contributed by atoms with van der Waals surface area (Å²) in [5, 5.41) is 12.7. The molecular weight excluding hydrogens is 364 g/mol. The Balaban J connectivity index is 1.68. The van der Waals surface area contributed by atoms with Gasteiger partial charge >= 0.3 is 5.97 Å².